The zero-order valence-electron chi connectivity index (χ0n) is 25.5. The molecule has 0 aromatic carbocycles. The molecule has 236 valence electrons. The molecular formula is C32H42O11. The molecule has 11 heteroatoms. The summed E-state index contributed by atoms with van der Waals surface area (Å²) >= 11 is 0. The number of ketones is 1. The van der Waals surface area contributed by atoms with Gasteiger partial charge >= 0.3 is 17.9 Å². The summed E-state index contributed by atoms with van der Waals surface area (Å²) < 4.78 is 29.3. The summed E-state index contributed by atoms with van der Waals surface area (Å²) in [5.74, 6) is -3.16. The number of hydrogen-bond acceptors (Lipinski definition) is 11. The lowest BCUT2D eigenvalue weighted by Crippen LogP contribution is -2.72. The first-order chi connectivity index (χ1) is 20.1. The van der Waals surface area contributed by atoms with Gasteiger partial charge in [0, 0.05) is 49.0 Å². The van der Waals surface area contributed by atoms with Crippen LogP contribution in [0.15, 0.2) is 11.1 Å². The van der Waals surface area contributed by atoms with Crippen LogP contribution in [0.5, 0.6) is 0 Å². The number of hydrogen-bond donors (Lipinski definition) is 2. The number of cyclic esters (lactones) is 1. The molecular weight excluding hydrogens is 560 g/mol. The van der Waals surface area contributed by atoms with E-state index in [4.69, 9.17) is 23.7 Å². The normalized spacial score (nSPS) is 50.3. The molecule has 15 atom stereocenters. The van der Waals surface area contributed by atoms with E-state index < -0.39 is 70.6 Å². The molecule has 6 fully saturated rings. The average molecular weight is 603 g/mol. The van der Waals surface area contributed by atoms with E-state index in [-0.39, 0.29) is 61.3 Å². The molecule has 11 nitrogen and oxygen atoms in total. The molecule has 4 saturated carbocycles. The van der Waals surface area contributed by atoms with Crippen molar-refractivity contribution in [2.24, 2.45) is 40.4 Å². The molecule has 0 aromatic heterocycles. The van der Waals surface area contributed by atoms with Crippen molar-refractivity contribution in [3.05, 3.63) is 11.1 Å². The van der Waals surface area contributed by atoms with Crippen molar-refractivity contribution in [3.8, 4) is 0 Å². The SMILES string of the molecule is CC(=O)O[C@H]1C[C@H]2[C@@H]([C@@H]3O[C@@H]3[C@@]3(O)C[C@@H]4O[C@@H]4[C@H](OC(C)=O)[C@]23C)[C@@H]2CC(=O)C([C@H](C)[C@H](O)CC3=C(C)C(=O)OC3)[C@@]12C. The van der Waals surface area contributed by atoms with E-state index in [1.807, 2.05) is 20.8 Å². The van der Waals surface area contributed by atoms with Crippen LogP contribution in [0.2, 0.25) is 0 Å². The standard InChI is InChI=1S/C32H42O11/c1-12-16(11-39-29(12)37)7-19(35)13(2)24-20(36)8-17-23-18(9-22(30(17,24)5)40-14(3)33)31(6)27(41-15(4)34)25-21(42-25)10-32(31,38)28-26(23)43-28/h13,17-19,21-28,35,38H,7-11H2,1-6H3/t13-,17+,18+,19-,21+,22+,23+,24?,25+,26+,27+,28+,30-,31+,32+/m1/s1. The Kier molecular flexibility index (Phi) is 6.38. The number of Topliss-reactive ketones (excluding diaryl/α,β-unsaturated/α-hetero) is 1. The predicted octanol–water partition coefficient (Wildman–Crippen LogP) is 1.65. The van der Waals surface area contributed by atoms with Crippen molar-refractivity contribution in [2.45, 2.75) is 116 Å². The van der Waals surface area contributed by atoms with Crippen molar-refractivity contribution < 1.29 is 53.1 Å². The fourth-order valence-corrected chi connectivity index (χ4v) is 10.6. The fraction of sp³-hybridized carbons (Fsp3) is 0.812. The molecule has 0 radical (unpaired) electrons. The van der Waals surface area contributed by atoms with Crippen LogP contribution in [-0.4, -0.2) is 88.8 Å². The quantitative estimate of drug-likeness (QED) is 0.258. The Morgan fingerprint density at radius 3 is 2.40 bits per heavy atom. The Labute approximate surface area is 250 Å². The highest BCUT2D eigenvalue weighted by Crippen LogP contribution is 2.74. The Morgan fingerprint density at radius 2 is 1.77 bits per heavy atom. The lowest BCUT2D eigenvalue weighted by atomic mass is 9.42. The number of carbonyl (C=O) groups is 4. The first-order valence-electron chi connectivity index (χ1n) is 15.6. The molecule has 7 rings (SSSR count). The van der Waals surface area contributed by atoms with E-state index >= 15 is 0 Å². The molecule has 1 unspecified atom stereocenters. The second kappa shape index (κ2) is 9.34. The van der Waals surface area contributed by atoms with Gasteiger partial charge in [0.25, 0.3) is 0 Å². The molecule has 0 amide bonds. The van der Waals surface area contributed by atoms with Gasteiger partial charge in [0.1, 0.15) is 42.4 Å². The van der Waals surface area contributed by atoms with Gasteiger partial charge in [0.15, 0.2) is 0 Å². The summed E-state index contributed by atoms with van der Waals surface area (Å²) in [5.41, 5.74) is -1.89. The number of fused-ring (bicyclic) bond motifs is 9. The largest absolute Gasteiger partial charge is 0.462 e. The number of aliphatic hydroxyl groups is 2. The van der Waals surface area contributed by atoms with Crippen LogP contribution < -0.4 is 0 Å². The van der Waals surface area contributed by atoms with Gasteiger partial charge in [-0.3, -0.25) is 14.4 Å². The lowest BCUT2D eigenvalue weighted by molar-refractivity contribution is -0.250. The summed E-state index contributed by atoms with van der Waals surface area (Å²) in [7, 11) is 0. The van der Waals surface area contributed by atoms with E-state index in [2.05, 4.69) is 0 Å². The summed E-state index contributed by atoms with van der Waals surface area (Å²) in [6.45, 7) is 10.3. The second-order valence-corrected chi connectivity index (χ2v) is 14.7. The number of carbonyl (C=O) groups excluding carboxylic acids is 4. The zero-order chi connectivity index (χ0) is 31.0. The van der Waals surface area contributed by atoms with E-state index in [1.54, 1.807) is 6.92 Å². The van der Waals surface area contributed by atoms with E-state index in [9.17, 15) is 29.4 Å². The summed E-state index contributed by atoms with van der Waals surface area (Å²) in [4.78, 5) is 50.9. The van der Waals surface area contributed by atoms with Gasteiger partial charge in [-0.15, -0.1) is 0 Å². The van der Waals surface area contributed by atoms with E-state index in [0.29, 0.717) is 18.4 Å². The average Bonchev–Trinajstić information content (AvgIpc) is 3.82. The highest BCUT2D eigenvalue weighted by molar-refractivity contribution is 5.91. The molecule has 0 aromatic rings. The monoisotopic (exact) mass is 602 g/mol. The van der Waals surface area contributed by atoms with Crippen molar-refractivity contribution >= 4 is 23.7 Å². The van der Waals surface area contributed by atoms with Gasteiger partial charge in [0.05, 0.1) is 18.3 Å². The topological polar surface area (TPSA) is 161 Å². The third kappa shape index (κ3) is 3.86. The second-order valence-electron chi connectivity index (χ2n) is 14.7. The first kappa shape index (κ1) is 29.4. The van der Waals surface area contributed by atoms with Gasteiger partial charge < -0.3 is 33.9 Å². The van der Waals surface area contributed by atoms with Gasteiger partial charge in [-0.25, -0.2) is 4.79 Å². The third-order valence-electron chi connectivity index (χ3n) is 12.8. The van der Waals surface area contributed by atoms with Crippen molar-refractivity contribution in [1.29, 1.82) is 0 Å². The van der Waals surface area contributed by atoms with Crippen molar-refractivity contribution in [1.82, 2.24) is 0 Å². The smallest absolute Gasteiger partial charge is 0.334 e. The van der Waals surface area contributed by atoms with Crippen LogP contribution in [0, 0.1) is 40.4 Å². The highest BCUT2D eigenvalue weighted by Gasteiger charge is 2.83. The van der Waals surface area contributed by atoms with Crippen LogP contribution in [0.4, 0.5) is 0 Å². The summed E-state index contributed by atoms with van der Waals surface area (Å²) in [6, 6.07) is 0. The minimum atomic E-state index is -1.32. The van der Waals surface area contributed by atoms with Gasteiger partial charge in [-0.1, -0.05) is 20.8 Å². The molecule has 2 N–H and O–H groups in total. The maximum absolute atomic E-state index is 14.0. The molecule has 43 heavy (non-hydrogen) atoms. The maximum Gasteiger partial charge on any atom is 0.334 e. The first-order valence-corrected chi connectivity index (χ1v) is 15.6. The molecule has 3 heterocycles. The Hall–Kier alpha value is -2.34. The van der Waals surface area contributed by atoms with Crippen molar-refractivity contribution in [3.63, 3.8) is 0 Å². The number of ether oxygens (including phenoxy) is 5. The zero-order valence-corrected chi connectivity index (χ0v) is 25.5. The van der Waals surface area contributed by atoms with Crippen LogP contribution in [0.3, 0.4) is 0 Å². The Morgan fingerprint density at radius 1 is 1.07 bits per heavy atom. The lowest BCUT2D eigenvalue weighted by Gasteiger charge is -2.63. The van der Waals surface area contributed by atoms with Gasteiger partial charge in [0.2, 0.25) is 0 Å². The number of rotatable bonds is 6. The van der Waals surface area contributed by atoms with Crippen LogP contribution >= 0.6 is 0 Å². The molecule has 4 aliphatic carbocycles. The van der Waals surface area contributed by atoms with Crippen LogP contribution in [0.1, 0.15) is 67.2 Å². The summed E-state index contributed by atoms with van der Waals surface area (Å²) in [6.07, 6.45) is -2.51. The summed E-state index contributed by atoms with van der Waals surface area (Å²) in [5, 5.41) is 23.8. The number of aliphatic hydroxyl groups excluding tert-OH is 1. The predicted molar refractivity (Wildman–Crippen MR) is 146 cm³/mol. The van der Waals surface area contributed by atoms with E-state index in [0.717, 1.165) is 5.57 Å². The number of epoxide rings is 2. The molecule has 3 aliphatic heterocycles. The minimum Gasteiger partial charge on any atom is -0.462 e. The van der Waals surface area contributed by atoms with E-state index in [1.165, 1.54) is 13.8 Å². The molecule has 7 aliphatic rings. The fourth-order valence-electron chi connectivity index (χ4n) is 10.6. The number of esters is 3. The Bertz CT molecular complexity index is 1320. The molecule has 0 bridgehead atoms. The van der Waals surface area contributed by atoms with Crippen LogP contribution in [-0.2, 0) is 42.9 Å². The molecule has 0 spiro atoms. The highest BCUT2D eigenvalue weighted by atomic mass is 16.6. The Balaban J connectivity index is 1.27. The van der Waals surface area contributed by atoms with Gasteiger partial charge in [-0.2, -0.15) is 0 Å². The third-order valence-corrected chi connectivity index (χ3v) is 12.8. The van der Waals surface area contributed by atoms with Crippen LogP contribution in [0.25, 0.3) is 0 Å². The minimum absolute atomic E-state index is 0.00439. The van der Waals surface area contributed by atoms with Crippen molar-refractivity contribution in [2.75, 3.05) is 6.61 Å². The maximum atomic E-state index is 14.0. The molecule has 2 saturated heterocycles. The van der Waals surface area contributed by atoms with Gasteiger partial charge in [-0.05, 0) is 49.0 Å².